The van der Waals surface area contributed by atoms with Gasteiger partial charge in [0.15, 0.2) is 0 Å². The number of nitrogen functional groups attached to an aromatic ring is 1. The van der Waals surface area contributed by atoms with E-state index < -0.39 is 0 Å². The van der Waals surface area contributed by atoms with E-state index in [1.54, 1.807) is 6.07 Å². The number of nitrogens with two attached hydrogens (primary N) is 1. The van der Waals surface area contributed by atoms with Crippen LogP contribution in [0.3, 0.4) is 0 Å². The molecule has 0 aliphatic heterocycles. The van der Waals surface area contributed by atoms with Gasteiger partial charge >= 0.3 is 0 Å². The molecule has 1 unspecified atom stereocenters. The van der Waals surface area contributed by atoms with Crippen molar-refractivity contribution in [3.63, 3.8) is 0 Å². The molecule has 0 saturated heterocycles. The van der Waals surface area contributed by atoms with Crippen molar-refractivity contribution in [2.75, 3.05) is 30.7 Å². The highest BCUT2D eigenvalue weighted by molar-refractivity contribution is 5.95. The minimum atomic E-state index is -0.292. The Morgan fingerprint density at radius 3 is 2.65 bits per heavy atom. The second kappa shape index (κ2) is 7.87. The molecule has 0 saturated carbocycles. The van der Waals surface area contributed by atoms with Crippen molar-refractivity contribution in [1.82, 2.24) is 4.90 Å². The van der Waals surface area contributed by atoms with Crippen LogP contribution in [0, 0.1) is 0 Å². The maximum Gasteiger partial charge on any atom is 0.241 e. The normalized spacial score (nSPS) is 12.4. The lowest BCUT2D eigenvalue weighted by Crippen LogP contribution is -2.43. The van der Waals surface area contributed by atoms with Gasteiger partial charge in [-0.2, -0.15) is 0 Å². The maximum absolute atomic E-state index is 12.2. The van der Waals surface area contributed by atoms with Gasteiger partial charge in [-0.15, -0.1) is 0 Å². The highest BCUT2D eigenvalue weighted by Gasteiger charge is 2.19. The number of anilines is 2. The summed E-state index contributed by atoms with van der Waals surface area (Å²) >= 11 is 0. The second-order valence-electron chi connectivity index (χ2n) is 4.78. The molecule has 0 aromatic heterocycles. The smallest absolute Gasteiger partial charge is 0.241 e. The molecule has 112 valence electrons. The standard InChI is InChI=1S/C15H25N3O2/c1-4-12-6-7-13(10-14(12)16)17-15(20)11(3)18(5-2)8-9-19/h6-7,10-11,19H,4-5,8-9,16H2,1-3H3,(H,17,20). The van der Waals surface area contributed by atoms with Gasteiger partial charge in [0.2, 0.25) is 5.91 Å². The molecule has 1 amide bonds. The summed E-state index contributed by atoms with van der Waals surface area (Å²) in [5.41, 5.74) is 8.40. The molecule has 0 bridgehead atoms. The number of aryl methyl sites for hydroxylation is 1. The van der Waals surface area contributed by atoms with Crippen molar-refractivity contribution in [2.24, 2.45) is 0 Å². The maximum atomic E-state index is 12.2. The van der Waals surface area contributed by atoms with E-state index in [0.717, 1.165) is 12.0 Å². The zero-order valence-corrected chi connectivity index (χ0v) is 12.5. The van der Waals surface area contributed by atoms with Crippen LogP contribution in [-0.4, -0.2) is 41.7 Å². The Balaban J connectivity index is 2.72. The first kappa shape index (κ1) is 16.5. The Bertz CT molecular complexity index is 449. The SMILES string of the molecule is CCc1ccc(NC(=O)C(C)N(CC)CCO)cc1N. The Labute approximate surface area is 120 Å². The quantitative estimate of drug-likeness (QED) is 0.660. The van der Waals surface area contributed by atoms with Crippen molar-refractivity contribution in [1.29, 1.82) is 0 Å². The van der Waals surface area contributed by atoms with E-state index in [-0.39, 0.29) is 18.6 Å². The van der Waals surface area contributed by atoms with Gasteiger partial charge in [-0.3, -0.25) is 9.69 Å². The number of carbonyl (C=O) groups excluding carboxylic acids is 1. The first-order valence-electron chi connectivity index (χ1n) is 7.07. The summed E-state index contributed by atoms with van der Waals surface area (Å²) in [7, 11) is 0. The van der Waals surface area contributed by atoms with Gasteiger partial charge < -0.3 is 16.2 Å². The molecule has 5 nitrogen and oxygen atoms in total. The van der Waals surface area contributed by atoms with Crippen LogP contribution in [0.2, 0.25) is 0 Å². The third-order valence-electron chi connectivity index (χ3n) is 3.51. The molecule has 0 aliphatic carbocycles. The van der Waals surface area contributed by atoms with Crippen molar-refractivity contribution in [2.45, 2.75) is 33.2 Å². The van der Waals surface area contributed by atoms with Gasteiger partial charge in [0.05, 0.1) is 12.6 Å². The van der Waals surface area contributed by atoms with Crippen LogP contribution in [0.5, 0.6) is 0 Å². The van der Waals surface area contributed by atoms with Crippen LogP contribution in [0.25, 0.3) is 0 Å². The number of benzene rings is 1. The molecule has 5 heteroatoms. The second-order valence-corrected chi connectivity index (χ2v) is 4.78. The Kier molecular flexibility index (Phi) is 6.48. The average Bonchev–Trinajstić information content (AvgIpc) is 2.44. The van der Waals surface area contributed by atoms with Crippen LogP contribution in [-0.2, 0) is 11.2 Å². The van der Waals surface area contributed by atoms with Gasteiger partial charge in [-0.25, -0.2) is 0 Å². The number of aliphatic hydroxyl groups is 1. The lowest BCUT2D eigenvalue weighted by Gasteiger charge is -2.26. The summed E-state index contributed by atoms with van der Waals surface area (Å²) in [5, 5.41) is 11.9. The Morgan fingerprint density at radius 2 is 2.15 bits per heavy atom. The van der Waals surface area contributed by atoms with Crippen LogP contribution in [0.1, 0.15) is 26.3 Å². The van der Waals surface area contributed by atoms with E-state index in [4.69, 9.17) is 10.8 Å². The summed E-state index contributed by atoms with van der Waals surface area (Å²) in [5.74, 6) is -0.0936. The number of nitrogens with zero attached hydrogens (tertiary/aromatic N) is 1. The van der Waals surface area contributed by atoms with Gasteiger partial charge in [-0.05, 0) is 37.6 Å². The summed E-state index contributed by atoms with van der Waals surface area (Å²) in [6.45, 7) is 7.09. The van der Waals surface area contributed by atoms with E-state index in [0.29, 0.717) is 24.5 Å². The van der Waals surface area contributed by atoms with Gasteiger partial charge in [-0.1, -0.05) is 19.9 Å². The van der Waals surface area contributed by atoms with E-state index >= 15 is 0 Å². The molecule has 0 fully saturated rings. The number of hydrogen-bond donors (Lipinski definition) is 3. The fourth-order valence-corrected chi connectivity index (χ4v) is 2.16. The first-order chi connectivity index (χ1) is 9.53. The van der Waals surface area contributed by atoms with Crippen LogP contribution in [0.15, 0.2) is 18.2 Å². The molecule has 0 radical (unpaired) electrons. The molecular formula is C15H25N3O2. The average molecular weight is 279 g/mol. The molecule has 1 aromatic rings. The first-order valence-corrected chi connectivity index (χ1v) is 7.07. The van der Waals surface area contributed by atoms with Crippen LogP contribution >= 0.6 is 0 Å². The number of amides is 1. The molecule has 4 N–H and O–H groups in total. The third-order valence-corrected chi connectivity index (χ3v) is 3.51. The minimum absolute atomic E-state index is 0.0452. The summed E-state index contributed by atoms with van der Waals surface area (Å²) in [6.07, 6.45) is 0.872. The fourth-order valence-electron chi connectivity index (χ4n) is 2.16. The predicted molar refractivity (Wildman–Crippen MR) is 82.7 cm³/mol. The number of nitrogens with one attached hydrogen (secondary N) is 1. The molecule has 1 aromatic carbocycles. The number of aliphatic hydroxyl groups excluding tert-OH is 1. The summed E-state index contributed by atoms with van der Waals surface area (Å²) in [6, 6.07) is 5.29. The largest absolute Gasteiger partial charge is 0.398 e. The molecule has 20 heavy (non-hydrogen) atoms. The van der Waals surface area contributed by atoms with Crippen LogP contribution < -0.4 is 11.1 Å². The van der Waals surface area contributed by atoms with Crippen molar-refractivity contribution in [3.8, 4) is 0 Å². The Morgan fingerprint density at radius 1 is 1.45 bits per heavy atom. The molecule has 0 aliphatic rings. The molecular weight excluding hydrogens is 254 g/mol. The molecule has 0 spiro atoms. The number of hydrogen-bond acceptors (Lipinski definition) is 4. The van der Waals surface area contributed by atoms with Gasteiger partial charge in [0.25, 0.3) is 0 Å². The summed E-state index contributed by atoms with van der Waals surface area (Å²) in [4.78, 5) is 14.1. The number of rotatable bonds is 7. The van der Waals surface area contributed by atoms with Crippen molar-refractivity contribution in [3.05, 3.63) is 23.8 Å². The topological polar surface area (TPSA) is 78.6 Å². The van der Waals surface area contributed by atoms with Crippen molar-refractivity contribution >= 4 is 17.3 Å². The lowest BCUT2D eigenvalue weighted by molar-refractivity contribution is -0.120. The third kappa shape index (κ3) is 4.21. The lowest BCUT2D eigenvalue weighted by atomic mass is 10.1. The predicted octanol–water partition coefficient (Wildman–Crippen LogP) is 1.47. The number of carbonyl (C=O) groups is 1. The zero-order valence-electron chi connectivity index (χ0n) is 12.5. The van der Waals surface area contributed by atoms with Gasteiger partial charge in [0.1, 0.15) is 0 Å². The van der Waals surface area contributed by atoms with E-state index in [1.807, 2.05) is 37.8 Å². The Hall–Kier alpha value is -1.59. The van der Waals surface area contributed by atoms with Gasteiger partial charge in [0, 0.05) is 17.9 Å². The highest BCUT2D eigenvalue weighted by Crippen LogP contribution is 2.18. The van der Waals surface area contributed by atoms with E-state index in [2.05, 4.69) is 5.32 Å². The number of likely N-dealkylation sites (N-methyl/N-ethyl adjacent to an activating group) is 1. The van der Waals surface area contributed by atoms with Crippen molar-refractivity contribution < 1.29 is 9.90 Å². The molecule has 1 atom stereocenters. The van der Waals surface area contributed by atoms with Crippen LogP contribution in [0.4, 0.5) is 11.4 Å². The fraction of sp³-hybridized carbons (Fsp3) is 0.533. The monoisotopic (exact) mass is 279 g/mol. The highest BCUT2D eigenvalue weighted by atomic mass is 16.3. The molecule has 0 heterocycles. The summed E-state index contributed by atoms with van der Waals surface area (Å²) < 4.78 is 0. The zero-order chi connectivity index (χ0) is 15.1. The minimum Gasteiger partial charge on any atom is -0.398 e. The molecule has 1 rings (SSSR count). The van der Waals surface area contributed by atoms with E-state index in [9.17, 15) is 4.79 Å². The van der Waals surface area contributed by atoms with E-state index in [1.165, 1.54) is 0 Å².